The Balaban J connectivity index is 1.15. The summed E-state index contributed by atoms with van der Waals surface area (Å²) in [6, 6.07) is 14.8. The number of carbonyl (C=O) groups is 1. The highest BCUT2D eigenvalue weighted by Gasteiger charge is 2.37. The molecule has 12 heteroatoms. The van der Waals surface area contributed by atoms with Gasteiger partial charge in [-0.3, -0.25) is 19.7 Å². The molecule has 12 nitrogen and oxygen atoms in total. The summed E-state index contributed by atoms with van der Waals surface area (Å²) >= 11 is 0. The molecule has 2 aromatic carbocycles. The molecule has 0 aliphatic carbocycles. The SMILES string of the molecule is COc1ccc(-c2cc3ccc(OCC(=O)N4CC5C[C@H](C4)Cn4c5ccc([N+](=O)[O-])c4=O)cc3oc2=O)cc1OC. The molecule has 2 atom stereocenters. The lowest BCUT2D eigenvalue weighted by atomic mass is 9.83. The predicted molar refractivity (Wildman–Crippen MR) is 151 cm³/mol. The maximum absolute atomic E-state index is 13.1. The van der Waals surface area contributed by atoms with Crippen LogP contribution in [-0.2, 0) is 11.3 Å². The fourth-order valence-electron chi connectivity index (χ4n) is 5.90. The number of nitrogens with zero attached hydrogens (tertiary/aromatic N) is 3. The Hall–Kier alpha value is -5.13. The van der Waals surface area contributed by atoms with E-state index >= 15 is 0 Å². The standard InChI is InChI=1S/C30H27N3O9/c1-39-25-8-4-18(11-27(25)40-2)22-10-19-3-5-21(12-26(19)42-30(22)36)41-16-28(34)31-13-17-9-20(15-31)23-6-7-24(33(37)38)29(35)32(23)14-17/h3-8,10-12,17,20H,9,13-16H2,1-2H3/t17-,20?/m1/s1. The van der Waals surface area contributed by atoms with E-state index in [1.165, 1.54) is 24.9 Å². The Kier molecular flexibility index (Phi) is 6.89. The number of hydrogen-bond acceptors (Lipinski definition) is 9. The second kappa shape index (κ2) is 10.7. The highest BCUT2D eigenvalue weighted by atomic mass is 16.6. The molecule has 6 rings (SSSR count). The van der Waals surface area contributed by atoms with Crippen LogP contribution in [0.25, 0.3) is 22.1 Å². The average Bonchev–Trinajstić information content (AvgIpc) is 2.99. The normalized spacial score (nSPS) is 17.4. The number of fused-ring (bicyclic) bond motifs is 5. The minimum Gasteiger partial charge on any atom is -0.493 e. The molecule has 1 unspecified atom stereocenters. The summed E-state index contributed by atoms with van der Waals surface area (Å²) in [7, 11) is 3.05. The molecular formula is C30H27N3O9. The molecule has 1 fully saturated rings. The van der Waals surface area contributed by atoms with E-state index in [1.807, 2.05) is 0 Å². The minimum absolute atomic E-state index is 0.00899. The van der Waals surface area contributed by atoms with Gasteiger partial charge in [0.15, 0.2) is 18.1 Å². The van der Waals surface area contributed by atoms with Crippen molar-refractivity contribution in [2.24, 2.45) is 5.92 Å². The van der Waals surface area contributed by atoms with Crippen LogP contribution in [-0.4, -0.2) is 54.2 Å². The van der Waals surface area contributed by atoms with Gasteiger partial charge in [0, 0.05) is 48.8 Å². The van der Waals surface area contributed by atoms with Crippen molar-refractivity contribution in [1.82, 2.24) is 9.47 Å². The number of pyridine rings is 1. The van der Waals surface area contributed by atoms with Crippen molar-refractivity contribution in [2.45, 2.75) is 18.9 Å². The molecule has 1 amide bonds. The fourth-order valence-corrected chi connectivity index (χ4v) is 5.90. The lowest BCUT2D eigenvalue weighted by molar-refractivity contribution is -0.386. The first kappa shape index (κ1) is 27.1. The quantitative estimate of drug-likeness (QED) is 0.184. The van der Waals surface area contributed by atoms with Crippen molar-refractivity contribution >= 4 is 22.6 Å². The van der Waals surface area contributed by atoms with E-state index in [2.05, 4.69) is 0 Å². The highest BCUT2D eigenvalue weighted by molar-refractivity contribution is 5.83. The van der Waals surface area contributed by atoms with E-state index in [0.29, 0.717) is 64.7 Å². The number of nitro groups is 1. The molecule has 0 N–H and O–H groups in total. The zero-order valence-electron chi connectivity index (χ0n) is 22.9. The van der Waals surface area contributed by atoms with E-state index < -0.39 is 21.8 Å². The van der Waals surface area contributed by atoms with Gasteiger partial charge in [-0.05, 0) is 54.3 Å². The lowest BCUT2D eigenvalue weighted by Gasteiger charge is -2.42. The van der Waals surface area contributed by atoms with Crippen LogP contribution >= 0.6 is 0 Å². The number of aromatic nitrogens is 1. The summed E-state index contributed by atoms with van der Waals surface area (Å²) < 4.78 is 23.5. The number of carbonyl (C=O) groups excluding carboxylic acids is 1. The topological polar surface area (TPSA) is 143 Å². The third-order valence-electron chi connectivity index (χ3n) is 7.90. The average molecular weight is 574 g/mol. The Morgan fingerprint density at radius 3 is 2.57 bits per heavy atom. The maximum atomic E-state index is 13.1. The van der Waals surface area contributed by atoms with Crippen LogP contribution < -0.4 is 25.4 Å². The molecule has 0 radical (unpaired) electrons. The van der Waals surface area contributed by atoms with E-state index in [0.717, 1.165) is 6.42 Å². The number of likely N-dealkylation sites (tertiary alicyclic amines) is 1. The molecule has 42 heavy (non-hydrogen) atoms. The summed E-state index contributed by atoms with van der Waals surface area (Å²) in [5.74, 6) is 1.11. The monoisotopic (exact) mass is 573 g/mol. The summed E-state index contributed by atoms with van der Waals surface area (Å²) in [5, 5.41) is 11.9. The number of hydrogen-bond donors (Lipinski definition) is 0. The van der Waals surface area contributed by atoms with Gasteiger partial charge >= 0.3 is 16.9 Å². The Morgan fingerprint density at radius 2 is 1.81 bits per heavy atom. The summed E-state index contributed by atoms with van der Waals surface area (Å²) in [6.45, 7) is 0.929. The van der Waals surface area contributed by atoms with Crippen LogP contribution in [0.3, 0.4) is 0 Å². The Bertz CT molecular complexity index is 1840. The van der Waals surface area contributed by atoms with Crippen molar-refractivity contribution in [3.63, 3.8) is 0 Å². The van der Waals surface area contributed by atoms with E-state index in [-0.39, 0.29) is 24.3 Å². The molecular weight excluding hydrogens is 546 g/mol. The van der Waals surface area contributed by atoms with Gasteiger partial charge in [-0.1, -0.05) is 6.07 Å². The number of methoxy groups -OCH3 is 2. The van der Waals surface area contributed by atoms with E-state index in [1.54, 1.807) is 53.4 Å². The number of ether oxygens (including phenoxy) is 3. The van der Waals surface area contributed by atoms with Gasteiger partial charge in [-0.15, -0.1) is 0 Å². The van der Waals surface area contributed by atoms with Gasteiger partial charge in [-0.2, -0.15) is 0 Å². The summed E-state index contributed by atoms with van der Waals surface area (Å²) in [5.41, 5.74) is 0.424. The Labute approximate surface area is 238 Å². The largest absolute Gasteiger partial charge is 0.493 e. The van der Waals surface area contributed by atoms with Gasteiger partial charge < -0.3 is 28.1 Å². The number of benzene rings is 2. The van der Waals surface area contributed by atoms with Crippen molar-refractivity contribution in [3.8, 4) is 28.4 Å². The van der Waals surface area contributed by atoms with Crippen LogP contribution in [0.2, 0.25) is 0 Å². The summed E-state index contributed by atoms with van der Waals surface area (Å²) in [6.07, 6.45) is 0.802. The van der Waals surface area contributed by atoms with Gasteiger partial charge in [0.1, 0.15) is 11.3 Å². The first-order valence-corrected chi connectivity index (χ1v) is 13.3. The van der Waals surface area contributed by atoms with E-state index in [9.17, 15) is 24.5 Å². The zero-order chi connectivity index (χ0) is 29.5. The van der Waals surface area contributed by atoms with E-state index in [4.69, 9.17) is 18.6 Å². The first-order chi connectivity index (χ1) is 20.2. The molecule has 2 aromatic heterocycles. The number of rotatable bonds is 7. The van der Waals surface area contributed by atoms with Crippen LogP contribution in [0.4, 0.5) is 5.69 Å². The molecule has 0 saturated carbocycles. The van der Waals surface area contributed by atoms with Crippen LogP contribution in [0.15, 0.2) is 68.6 Å². The molecule has 4 aromatic rings. The molecule has 2 aliphatic heterocycles. The third kappa shape index (κ3) is 4.84. The third-order valence-corrected chi connectivity index (χ3v) is 7.90. The fraction of sp³-hybridized carbons (Fsp3) is 0.300. The smallest absolute Gasteiger partial charge is 0.344 e. The van der Waals surface area contributed by atoms with Gasteiger partial charge in [0.25, 0.3) is 5.91 Å². The van der Waals surface area contributed by atoms with Crippen LogP contribution in [0.5, 0.6) is 17.2 Å². The molecule has 1 saturated heterocycles. The molecule has 2 aliphatic rings. The molecule has 216 valence electrons. The Morgan fingerprint density at radius 1 is 1.00 bits per heavy atom. The van der Waals surface area contributed by atoms with Crippen molar-refractivity contribution in [3.05, 3.63) is 91.2 Å². The number of amides is 1. The predicted octanol–water partition coefficient (Wildman–Crippen LogP) is 3.57. The van der Waals surface area contributed by atoms with Gasteiger partial charge in [0.05, 0.1) is 24.7 Å². The van der Waals surface area contributed by atoms with Crippen LogP contribution in [0, 0.1) is 16.0 Å². The van der Waals surface area contributed by atoms with Gasteiger partial charge in [0.2, 0.25) is 0 Å². The van der Waals surface area contributed by atoms with Crippen molar-refractivity contribution in [2.75, 3.05) is 33.9 Å². The van der Waals surface area contributed by atoms with Crippen molar-refractivity contribution in [1.29, 1.82) is 0 Å². The van der Waals surface area contributed by atoms with Crippen LogP contribution in [0.1, 0.15) is 18.0 Å². The summed E-state index contributed by atoms with van der Waals surface area (Å²) in [4.78, 5) is 50.8. The molecule has 2 bridgehead atoms. The minimum atomic E-state index is -0.664. The second-order valence-corrected chi connectivity index (χ2v) is 10.4. The maximum Gasteiger partial charge on any atom is 0.344 e. The lowest BCUT2D eigenvalue weighted by Crippen LogP contribution is -2.50. The molecule has 4 heterocycles. The molecule has 0 spiro atoms. The van der Waals surface area contributed by atoms with Crippen molar-refractivity contribution < 1.29 is 28.3 Å². The zero-order valence-corrected chi connectivity index (χ0v) is 22.9. The van der Waals surface area contributed by atoms with Gasteiger partial charge in [-0.25, -0.2) is 4.79 Å². The second-order valence-electron chi connectivity index (χ2n) is 10.4. The highest BCUT2D eigenvalue weighted by Crippen LogP contribution is 2.36. The number of piperidine rings is 1. The first-order valence-electron chi connectivity index (χ1n) is 13.3.